The summed E-state index contributed by atoms with van der Waals surface area (Å²) in [6.45, 7) is 9.14. The molecule has 0 aromatic rings. The first kappa shape index (κ1) is 15.0. The maximum absolute atomic E-state index is 4.32. The predicted octanol–water partition coefficient (Wildman–Crippen LogP) is 3.02. The highest BCUT2D eigenvalue weighted by Gasteiger charge is 2.05. The average Bonchev–Trinajstić information content (AvgIpc) is 2.35. The lowest BCUT2D eigenvalue weighted by Gasteiger charge is -2.18. The minimum absolute atomic E-state index is 0.763. The van der Waals surface area contributed by atoms with Gasteiger partial charge in [-0.2, -0.15) is 0 Å². The van der Waals surface area contributed by atoms with Gasteiger partial charge >= 0.3 is 0 Å². The van der Waals surface area contributed by atoms with Gasteiger partial charge in [-0.25, -0.2) is 9.98 Å². The van der Waals surface area contributed by atoms with Gasteiger partial charge in [0.25, 0.3) is 0 Å². The van der Waals surface area contributed by atoms with Gasteiger partial charge in [-0.3, -0.25) is 4.99 Å². The van der Waals surface area contributed by atoms with Crippen molar-refractivity contribution in [2.75, 3.05) is 7.05 Å². The molecule has 0 aliphatic heterocycles. The maximum atomic E-state index is 4.32. The molecule has 0 rings (SSSR count). The topological polar surface area (TPSA) is 40.3 Å². The second-order valence-corrected chi connectivity index (χ2v) is 3.10. The van der Waals surface area contributed by atoms with Crippen molar-refractivity contribution in [3.63, 3.8) is 0 Å². The molecule has 0 saturated heterocycles. The minimum Gasteiger partial charge on any atom is -0.314 e. The molecule has 0 amide bonds. The van der Waals surface area contributed by atoms with Gasteiger partial charge < -0.3 is 4.90 Å². The molecule has 0 aliphatic rings. The Hall–Kier alpha value is -1.97. The summed E-state index contributed by atoms with van der Waals surface area (Å²) in [5.74, 6) is 1.57. The molecule has 17 heavy (non-hydrogen) atoms. The molecule has 0 fully saturated rings. The van der Waals surface area contributed by atoms with Crippen LogP contribution in [0.3, 0.4) is 0 Å². The van der Waals surface area contributed by atoms with Gasteiger partial charge in [-0.1, -0.05) is 12.2 Å². The van der Waals surface area contributed by atoms with E-state index in [1.54, 1.807) is 6.20 Å². The van der Waals surface area contributed by atoms with Gasteiger partial charge in [-0.05, 0) is 39.6 Å². The van der Waals surface area contributed by atoms with E-state index < -0.39 is 0 Å². The maximum Gasteiger partial charge on any atom is 0.133 e. The van der Waals surface area contributed by atoms with Gasteiger partial charge in [0.1, 0.15) is 18.0 Å². The number of likely N-dealkylation sites (N-methyl/N-ethyl adjacent to an activating group) is 1. The zero-order chi connectivity index (χ0) is 13.1. The number of allylic oxidation sites excluding steroid dienone is 3. The van der Waals surface area contributed by atoms with Gasteiger partial charge in [0.05, 0.1) is 0 Å². The second kappa shape index (κ2) is 9.27. The van der Waals surface area contributed by atoms with Crippen molar-refractivity contribution in [1.29, 1.82) is 0 Å². The molecular formula is C13H20N4. The van der Waals surface area contributed by atoms with Crippen molar-refractivity contribution < 1.29 is 0 Å². The fourth-order valence-corrected chi connectivity index (χ4v) is 1.11. The van der Waals surface area contributed by atoms with E-state index in [1.165, 1.54) is 6.34 Å². The zero-order valence-electron chi connectivity index (χ0n) is 11.0. The van der Waals surface area contributed by atoms with Gasteiger partial charge in [0.2, 0.25) is 0 Å². The Bertz CT molecular complexity index is 373. The lowest BCUT2D eigenvalue weighted by atomic mass is 10.4. The summed E-state index contributed by atoms with van der Waals surface area (Å²) in [5, 5.41) is 0. The Morgan fingerprint density at radius 2 is 1.88 bits per heavy atom. The van der Waals surface area contributed by atoms with E-state index in [4.69, 9.17) is 0 Å². The van der Waals surface area contributed by atoms with E-state index >= 15 is 0 Å². The van der Waals surface area contributed by atoms with Crippen LogP contribution in [-0.2, 0) is 0 Å². The highest BCUT2D eigenvalue weighted by atomic mass is 15.2. The highest BCUT2D eigenvalue weighted by molar-refractivity contribution is 5.94. The van der Waals surface area contributed by atoms with E-state index in [9.17, 15) is 0 Å². The Labute approximate surface area is 103 Å². The van der Waals surface area contributed by atoms with Crippen LogP contribution in [-0.4, -0.2) is 30.8 Å². The normalized spacial score (nSPS) is 14.1. The summed E-state index contributed by atoms with van der Waals surface area (Å²) in [6.07, 6.45) is 10.8. The number of nitrogens with zero attached hydrogens (tertiary/aromatic N) is 4. The van der Waals surface area contributed by atoms with Crippen LogP contribution in [0.5, 0.6) is 0 Å². The molecule has 0 bridgehead atoms. The molecule has 0 radical (unpaired) electrons. The van der Waals surface area contributed by atoms with Crippen molar-refractivity contribution in [2.24, 2.45) is 15.0 Å². The number of hydrogen-bond acceptors (Lipinski definition) is 2. The smallest absolute Gasteiger partial charge is 0.133 e. The molecule has 0 spiro atoms. The first-order valence-electron chi connectivity index (χ1n) is 5.41. The molecule has 0 aromatic carbocycles. The van der Waals surface area contributed by atoms with Crippen LogP contribution in [0.4, 0.5) is 0 Å². The zero-order valence-corrected chi connectivity index (χ0v) is 11.0. The summed E-state index contributed by atoms with van der Waals surface area (Å²) in [6, 6.07) is 0. The number of rotatable bonds is 5. The van der Waals surface area contributed by atoms with Crippen molar-refractivity contribution >= 4 is 18.9 Å². The standard InChI is InChI=1S/C13H20N4/c1-6-9-13(15-10-7-2)17(5)12(8-3)16-11-14-4/h6-11H,4H2,1-3,5H3/b9-6-,10-7-,12-8+,15-13+,16-11?. The Kier molecular flexibility index (Phi) is 8.20. The molecule has 4 nitrogen and oxygen atoms in total. The molecule has 0 unspecified atom stereocenters. The van der Waals surface area contributed by atoms with Crippen molar-refractivity contribution in [2.45, 2.75) is 20.8 Å². The molecule has 0 atom stereocenters. The van der Waals surface area contributed by atoms with E-state index in [0.29, 0.717) is 0 Å². The van der Waals surface area contributed by atoms with Gasteiger partial charge in [0, 0.05) is 13.2 Å². The second-order valence-electron chi connectivity index (χ2n) is 3.10. The minimum atomic E-state index is 0.763. The first-order valence-corrected chi connectivity index (χ1v) is 5.41. The Balaban J connectivity index is 5.12. The summed E-state index contributed by atoms with van der Waals surface area (Å²) in [5.41, 5.74) is 0. The van der Waals surface area contributed by atoms with Crippen molar-refractivity contribution in [1.82, 2.24) is 4.90 Å². The van der Waals surface area contributed by atoms with E-state index in [0.717, 1.165) is 11.7 Å². The predicted molar refractivity (Wildman–Crippen MR) is 76.6 cm³/mol. The van der Waals surface area contributed by atoms with Crippen LogP contribution in [0, 0.1) is 0 Å². The molecule has 0 heterocycles. The summed E-state index contributed by atoms with van der Waals surface area (Å²) in [4.78, 5) is 14.0. The highest BCUT2D eigenvalue weighted by Crippen LogP contribution is 2.05. The lowest BCUT2D eigenvalue weighted by Crippen LogP contribution is -2.23. The van der Waals surface area contributed by atoms with Crippen molar-refractivity contribution in [3.05, 3.63) is 36.3 Å². The summed E-state index contributed by atoms with van der Waals surface area (Å²) >= 11 is 0. The fraction of sp³-hybridized carbons (Fsp3) is 0.308. The van der Waals surface area contributed by atoms with Crippen LogP contribution in [0.15, 0.2) is 51.3 Å². The van der Waals surface area contributed by atoms with Crippen LogP contribution < -0.4 is 0 Å². The van der Waals surface area contributed by atoms with E-state index in [1.807, 2.05) is 57.0 Å². The van der Waals surface area contributed by atoms with Gasteiger partial charge in [-0.15, -0.1) is 0 Å². The SMILES string of the molecule is C=NC=N/C(=C\C)N(C)C(/C=C\C)=N/C=C\C. The first-order chi connectivity index (χ1) is 8.21. The number of hydrogen-bond donors (Lipinski definition) is 0. The fourth-order valence-electron chi connectivity index (χ4n) is 1.11. The number of amidine groups is 1. The average molecular weight is 232 g/mol. The molecule has 0 saturated carbocycles. The molecule has 0 aromatic heterocycles. The molecular weight excluding hydrogens is 212 g/mol. The monoisotopic (exact) mass is 232 g/mol. The largest absolute Gasteiger partial charge is 0.314 e. The molecule has 4 heteroatoms. The molecule has 92 valence electrons. The molecule has 0 N–H and O–H groups in total. The van der Waals surface area contributed by atoms with E-state index in [2.05, 4.69) is 21.7 Å². The lowest BCUT2D eigenvalue weighted by molar-refractivity contribution is 0.620. The Morgan fingerprint density at radius 1 is 1.18 bits per heavy atom. The van der Waals surface area contributed by atoms with E-state index in [-0.39, 0.29) is 0 Å². The quantitative estimate of drug-likeness (QED) is 0.530. The van der Waals surface area contributed by atoms with Crippen LogP contribution in [0.1, 0.15) is 20.8 Å². The van der Waals surface area contributed by atoms with Gasteiger partial charge in [0.15, 0.2) is 0 Å². The third kappa shape index (κ3) is 5.61. The Morgan fingerprint density at radius 3 is 2.35 bits per heavy atom. The van der Waals surface area contributed by atoms with Crippen LogP contribution in [0.25, 0.3) is 0 Å². The summed E-state index contributed by atoms with van der Waals surface area (Å²) < 4.78 is 0. The molecule has 0 aliphatic carbocycles. The third-order valence-electron chi connectivity index (χ3n) is 1.89. The van der Waals surface area contributed by atoms with Crippen LogP contribution >= 0.6 is 0 Å². The van der Waals surface area contributed by atoms with Crippen LogP contribution in [0.2, 0.25) is 0 Å². The van der Waals surface area contributed by atoms with Crippen molar-refractivity contribution in [3.8, 4) is 0 Å². The third-order valence-corrected chi connectivity index (χ3v) is 1.89. The number of aliphatic imine (C=N–C) groups is 3. The summed E-state index contributed by atoms with van der Waals surface area (Å²) in [7, 11) is 1.90.